The van der Waals surface area contributed by atoms with Crippen LogP contribution in [0.3, 0.4) is 0 Å². The van der Waals surface area contributed by atoms with E-state index in [-0.39, 0.29) is 48.2 Å². The standard InChI is InChI=1S/C20H19FN4O4/c1-11-10-29-19-16(23-6-7-26)15(21)8-13-17(19)25(11)9-14(18(13)27)20(28)24-12-2-4-22-5-3-12/h2-5,8-9,11,23,26H,6-7,10H2,1H3,(H,22,24,28)/t11-/m0/s1. The van der Waals surface area contributed by atoms with E-state index in [1.54, 1.807) is 16.7 Å². The second-order valence-electron chi connectivity index (χ2n) is 6.74. The Morgan fingerprint density at radius 1 is 1.41 bits per heavy atom. The normalized spacial score (nSPS) is 15.1. The number of carbonyl (C=O) groups excluding carboxylic acids is 1. The van der Waals surface area contributed by atoms with Crippen molar-refractivity contribution >= 4 is 28.2 Å². The fraction of sp³-hybridized carbons (Fsp3) is 0.250. The molecule has 1 aliphatic rings. The van der Waals surface area contributed by atoms with E-state index < -0.39 is 17.2 Å². The van der Waals surface area contributed by atoms with Crippen molar-refractivity contribution in [2.75, 3.05) is 30.4 Å². The van der Waals surface area contributed by atoms with Crippen molar-refractivity contribution in [3.05, 3.63) is 58.4 Å². The Labute approximate surface area is 164 Å². The highest BCUT2D eigenvalue weighted by Gasteiger charge is 2.28. The van der Waals surface area contributed by atoms with Gasteiger partial charge in [0.15, 0.2) is 11.6 Å². The number of hydrogen-bond acceptors (Lipinski definition) is 6. The molecule has 2 aromatic heterocycles. The highest BCUT2D eigenvalue weighted by atomic mass is 19.1. The molecular formula is C20H19FN4O4. The van der Waals surface area contributed by atoms with Crippen LogP contribution in [0.25, 0.3) is 10.9 Å². The van der Waals surface area contributed by atoms with Crippen LogP contribution < -0.4 is 20.8 Å². The van der Waals surface area contributed by atoms with E-state index in [0.29, 0.717) is 11.2 Å². The van der Waals surface area contributed by atoms with Crippen LogP contribution in [0, 0.1) is 5.82 Å². The highest BCUT2D eigenvalue weighted by molar-refractivity contribution is 6.06. The van der Waals surface area contributed by atoms with Crippen LogP contribution in [0.4, 0.5) is 15.8 Å². The van der Waals surface area contributed by atoms with Gasteiger partial charge in [-0.15, -0.1) is 0 Å². The third kappa shape index (κ3) is 3.29. The van der Waals surface area contributed by atoms with E-state index in [1.807, 2.05) is 6.92 Å². The number of aliphatic hydroxyl groups excluding tert-OH is 1. The van der Waals surface area contributed by atoms with Gasteiger partial charge in [-0.05, 0) is 25.1 Å². The van der Waals surface area contributed by atoms with Gasteiger partial charge in [-0.1, -0.05) is 0 Å². The number of nitrogens with one attached hydrogen (secondary N) is 2. The zero-order valence-corrected chi connectivity index (χ0v) is 15.6. The first-order valence-electron chi connectivity index (χ1n) is 9.11. The summed E-state index contributed by atoms with van der Waals surface area (Å²) >= 11 is 0. The third-order valence-electron chi connectivity index (χ3n) is 4.76. The number of pyridine rings is 2. The van der Waals surface area contributed by atoms with Gasteiger partial charge in [0, 0.05) is 30.8 Å². The first-order valence-corrected chi connectivity index (χ1v) is 9.11. The zero-order valence-electron chi connectivity index (χ0n) is 15.6. The van der Waals surface area contributed by atoms with E-state index >= 15 is 0 Å². The quantitative estimate of drug-likeness (QED) is 0.608. The first kappa shape index (κ1) is 18.9. The molecule has 3 N–H and O–H groups in total. The predicted octanol–water partition coefficient (Wildman–Crippen LogP) is 2.15. The number of halogens is 1. The van der Waals surface area contributed by atoms with E-state index in [2.05, 4.69) is 15.6 Å². The van der Waals surface area contributed by atoms with Gasteiger partial charge in [-0.25, -0.2) is 4.39 Å². The van der Waals surface area contributed by atoms with Gasteiger partial charge in [-0.3, -0.25) is 14.6 Å². The minimum absolute atomic E-state index is 0.0565. The van der Waals surface area contributed by atoms with Crippen molar-refractivity contribution in [1.29, 1.82) is 0 Å². The van der Waals surface area contributed by atoms with Crippen LogP contribution in [-0.4, -0.2) is 40.3 Å². The van der Waals surface area contributed by atoms with Crippen molar-refractivity contribution < 1.29 is 19.0 Å². The molecule has 4 rings (SSSR count). The number of ether oxygens (including phenoxy) is 1. The maximum Gasteiger partial charge on any atom is 0.261 e. The van der Waals surface area contributed by atoms with Crippen LogP contribution in [0.1, 0.15) is 23.3 Å². The Bertz CT molecular complexity index is 1150. The molecule has 0 saturated heterocycles. The Hall–Kier alpha value is -3.46. The molecule has 3 aromatic rings. The Kier molecular flexibility index (Phi) is 4.89. The number of amides is 1. The Morgan fingerprint density at radius 2 is 2.17 bits per heavy atom. The van der Waals surface area contributed by atoms with E-state index in [1.165, 1.54) is 18.6 Å². The molecule has 1 aromatic carbocycles. The lowest BCUT2D eigenvalue weighted by molar-refractivity contribution is 0.102. The average Bonchev–Trinajstić information content (AvgIpc) is 2.72. The summed E-state index contributed by atoms with van der Waals surface area (Å²) in [4.78, 5) is 29.6. The fourth-order valence-corrected chi connectivity index (χ4v) is 3.37. The molecule has 0 spiro atoms. The lowest BCUT2D eigenvalue weighted by Crippen LogP contribution is -2.29. The summed E-state index contributed by atoms with van der Waals surface area (Å²) in [6, 6.07) is 4.14. The molecule has 8 nitrogen and oxygen atoms in total. The molecule has 1 atom stereocenters. The Morgan fingerprint density at radius 3 is 2.90 bits per heavy atom. The SMILES string of the molecule is C[C@H]1COc2c(NCCO)c(F)cc3c(=O)c(C(=O)Nc4ccncc4)cn1c23. The second-order valence-corrected chi connectivity index (χ2v) is 6.74. The number of carbonyl (C=O) groups is 1. The molecule has 0 unspecified atom stereocenters. The molecule has 0 fully saturated rings. The van der Waals surface area contributed by atoms with Gasteiger partial charge < -0.3 is 25.0 Å². The van der Waals surface area contributed by atoms with Crippen molar-refractivity contribution in [2.45, 2.75) is 13.0 Å². The average molecular weight is 398 g/mol. The summed E-state index contributed by atoms with van der Waals surface area (Å²) in [6.45, 7) is 2.06. The third-order valence-corrected chi connectivity index (χ3v) is 4.76. The number of hydrogen-bond donors (Lipinski definition) is 3. The molecular weight excluding hydrogens is 379 g/mol. The molecule has 0 aliphatic carbocycles. The molecule has 1 aliphatic heterocycles. The first-order chi connectivity index (χ1) is 14.0. The maximum atomic E-state index is 14.7. The maximum absolute atomic E-state index is 14.7. The monoisotopic (exact) mass is 398 g/mol. The van der Waals surface area contributed by atoms with Crippen LogP contribution in [0.2, 0.25) is 0 Å². The lowest BCUT2D eigenvalue weighted by Gasteiger charge is -2.29. The molecule has 29 heavy (non-hydrogen) atoms. The van der Waals surface area contributed by atoms with Crippen LogP contribution >= 0.6 is 0 Å². The van der Waals surface area contributed by atoms with Crippen molar-refractivity contribution in [2.24, 2.45) is 0 Å². The summed E-state index contributed by atoms with van der Waals surface area (Å²) in [5.41, 5.74) is 0.311. The number of anilines is 2. The smallest absolute Gasteiger partial charge is 0.261 e. The molecule has 0 radical (unpaired) electrons. The largest absolute Gasteiger partial charge is 0.487 e. The molecule has 150 valence electrons. The molecule has 9 heteroatoms. The van der Waals surface area contributed by atoms with Gasteiger partial charge >= 0.3 is 0 Å². The predicted molar refractivity (Wildman–Crippen MR) is 106 cm³/mol. The summed E-state index contributed by atoms with van der Waals surface area (Å²) < 4.78 is 22.2. The van der Waals surface area contributed by atoms with Gasteiger partial charge in [0.05, 0.1) is 23.6 Å². The number of aliphatic hydroxyl groups is 1. The second kappa shape index (κ2) is 7.51. The van der Waals surface area contributed by atoms with Crippen LogP contribution in [0.15, 0.2) is 41.6 Å². The topological polar surface area (TPSA) is 105 Å². The summed E-state index contributed by atoms with van der Waals surface area (Å²) in [6.07, 6.45) is 4.52. The van der Waals surface area contributed by atoms with E-state index in [4.69, 9.17) is 9.84 Å². The zero-order chi connectivity index (χ0) is 20.5. The van der Waals surface area contributed by atoms with Gasteiger partial charge in [0.2, 0.25) is 5.43 Å². The van der Waals surface area contributed by atoms with Gasteiger partial charge in [0.1, 0.15) is 17.9 Å². The number of rotatable bonds is 5. The fourth-order valence-electron chi connectivity index (χ4n) is 3.37. The Balaban J connectivity index is 1.88. The summed E-state index contributed by atoms with van der Waals surface area (Å²) in [5.74, 6) is -1.08. The van der Waals surface area contributed by atoms with Gasteiger partial charge in [0.25, 0.3) is 5.91 Å². The number of benzene rings is 1. The minimum atomic E-state index is -0.689. The molecule has 3 heterocycles. The van der Waals surface area contributed by atoms with Crippen molar-refractivity contribution in [3.63, 3.8) is 0 Å². The number of nitrogens with zero attached hydrogens (tertiary/aromatic N) is 2. The molecule has 1 amide bonds. The van der Waals surface area contributed by atoms with Crippen LogP contribution in [0.5, 0.6) is 5.75 Å². The summed E-state index contributed by atoms with van der Waals surface area (Å²) in [5, 5.41) is 14.5. The number of aromatic nitrogens is 2. The van der Waals surface area contributed by atoms with E-state index in [0.717, 1.165) is 6.07 Å². The lowest BCUT2D eigenvalue weighted by atomic mass is 10.1. The molecule has 0 bridgehead atoms. The highest BCUT2D eigenvalue weighted by Crippen LogP contribution is 2.39. The van der Waals surface area contributed by atoms with E-state index in [9.17, 15) is 14.0 Å². The summed E-state index contributed by atoms with van der Waals surface area (Å²) in [7, 11) is 0. The molecule has 0 saturated carbocycles. The van der Waals surface area contributed by atoms with Gasteiger partial charge in [-0.2, -0.15) is 0 Å². The van der Waals surface area contributed by atoms with Crippen molar-refractivity contribution in [3.8, 4) is 5.75 Å². The van der Waals surface area contributed by atoms with Crippen LogP contribution in [-0.2, 0) is 0 Å². The van der Waals surface area contributed by atoms with Crippen molar-refractivity contribution in [1.82, 2.24) is 9.55 Å². The minimum Gasteiger partial charge on any atom is -0.487 e.